The van der Waals surface area contributed by atoms with Crippen LogP contribution >= 0.6 is 0 Å². The van der Waals surface area contributed by atoms with Crippen LogP contribution in [0.15, 0.2) is 84.1 Å². The topological polar surface area (TPSA) is 63.6 Å². The maximum atomic E-state index is 12.5. The summed E-state index contributed by atoms with van der Waals surface area (Å²) >= 11 is 0. The second-order valence-electron chi connectivity index (χ2n) is 9.19. The van der Waals surface area contributed by atoms with E-state index < -0.39 is 17.2 Å². The predicted molar refractivity (Wildman–Crippen MR) is 127 cm³/mol. The minimum absolute atomic E-state index is 0.402. The van der Waals surface area contributed by atoms with E-state index in [9.17, 15) is 4.79 Å². The third-order valence-corrected chi connectivity index (χ3v) is 5.56. The molecule has 0 aliphatic heterocycles. The van der Waals surface area contributed by atoms with Crippen LogP contribution in [0.2, 0.25) is 0 Å². The molecule has 2 aromatic carbocycles. The van der Waals surface area contributed by atoms with Crippen molar-refractivity contribution in [3.63, 3.8) is 0 Å². The fraction of sp³-hybridized carbons (Fsp3) is 0.296. The Labute approximate surface area is 189 Å². The van der Waals surface area contributed by atoms with E-state index in [4.69, 9.17) is 9.73 Å². The van der Waals surface area contributed by atoms with Gasteiger partial charge in [0.05, 0.1) is 23.1 Å². The Bertz CT molecular complexity index is 1060. The van der Waals surface area contributed by atoms with Crippen molar-refractivity contribution in [2.24, 2.45) is 4.99 Å². The fourth-order valence-corrected chi connectivity index (χ4v) is 3.88. The molecule has 5 heteroatoms. The third kappa shape index (κ3) is 5.05. The van der Waals surface area contributed by atoms with Crippen molar-refractivity contribution < 1.29 is 9.53 Å². The Kier molecular flexibility index (Phi) is 6.08. The molecule has 0 radical (unpaired) electrons. The lowest BCUT2D eigenvalue weighted by atomic mass is 9.72. The molecule has 1 aliphatic carbocycles. The van der Waals surface area contributed by atoms with Crippen LogP contribution in [0, 0.1) is 0 Å². The first-order chi connectivity index (χ1) is 15.3. The van der Waals surface area contributed by atoms with Gasteiger partial charge in [0.2, 0.25) is 0 Å². The number of alkyl carbamates (subject to hydrolysis) is 1. The van der Waals surface area contributed by atoms with E-state index in [1.165, 1.54) is 0 Å². The van der Waals surface area contributed by atoms with Gasteiger partial charge in [0, 0.05) is 17.3 Å². The number of rotatable bonds is 5. The van der Waals surface area contributed by atoms with Crippen molar-refractivity contribution in [2.45, 2.75) is 51.2 Å². The number of pyridine rings is 1. The largest absolute Gasteiger partial charge is 0.444 e. The Morgan fingerprint density at radius 3 is 2.06 bits per heavy atom. The van der Waals surface area contributed by atoms with E-state index in [2.05, 4.69) is 34.6 Å². The highest BCUT2D eigenvalue weighted by Crippen LogP contribution is 2.42. The average molecular weight is 428 g/mol. The number of carbonyl (C=O) groups is 1. The number of amides is 1. The Hall–Kier alpha value is -3.47. The van der Waals surface area contributed by atoms with Gasteiger partial charge in [-0.15, -0.1) is 0 Å². The SMILES string of the molecule is CC(C)(C)OC(=O)NC1(c2cncc(N=C(c3ccccc3)c3ccccc3)c2)CCC1. The molecule has 32 heavy (non-hydrogen) atoms. The number of aromatic nitrogens is 1. The summed E-state index contributed by atoms with van der Waals surface area (Å²) in [5.41, 5.74) is 3.66. The van der Waals surface area contributed by atoms with Crippen LogP contribution < -0.4 is 5.32 Å². The van der Waals surface area contributed by atoms with E-state index >= 15 is 0 Å². The molecule has 0 unspecified atom stereocenters. The number of nitrogens with one attached hydrogen (secondary N) is 1. The van der Waals surface area contributed by atoms with E-state index in [1.807, 2.05) is 69.4 Å². The maximum Gasteiger partial charge on any atom is 0.408 e. The molecule has 1 saturated carbocycles. The van der Waals surface area contributed by atoms with Crippen LogP contribution in [-0.4, -0.2) is 22.4 Å². The lowest BCUT2D eigenvalue weighted by molar-refractivity contribution is 0.0377. The second-order valence-corrected chi connectivity index (χ2v) is 9.19. The molecule has 3 aromatic rings. The minimum Gasteiger partial charge on any atom is -0.444 e. The molecule has 5 nitrogen and oxygen atoms in total. The van der Waals surface area contributed by atoms with Crippen LogP contribution in [0.5, 0.6) is 0 Å². The molecule has 1 N–H and O–H groups in total. The lowest BCUT2D eigenvalue weighted by Gasteiger charge is -2.42. The van der Waals surface area contributed by atoms with Crippen LogP contribution in [-0.2, 0) is 10.3 Å². The second kappa shape index (κ2) is 8.95. The van der Waals surface area contributed by atoms with Crippen molar-refractivity contribution in [3.8, 4) is 0 Å². The van der Waals surface area contributed by atoms with Gasteiger partial charge in [-0.05, 0) is 51.7 Å². The summed E-state index contributed by atoms with van der Waals surface area (Å²) in [6, 6.07) is 22.3. The summed E-state index contributed by atoms with van der Waals surface area (Å²) in [7, 11) is 0. The van der Waals surface area contributed by atoms with Crippen LogP contribution in [0.3, 0.4) is 0 Å². The third-order valence-electron chi connectivity index (χ3n) is 5.56. The molecule has 0 saturated heterocycles. The molecule has 4 rings (SSSR count). The van der Waals surface area contributed by atoms with Gasteiger partial charge in [-0.25, -0.2) is 9.79 Å². The number of hydrogen-bond donors (Lipinski definition) is 1. The zero-order valence-electron chi connectivity index (χ0n) is 18.8. The fourth-order valence-electron chi connectivity index (χ4n) is 3.88. The zero-order chi connectivity index (χ0) is 22.6. The first-order valence-corrected chi connectivity index (χ1v) is 11.0. The van der Waals surface area contributed by atoms with E-state index in [1.54, 1.807) is 6.20 Å². The van der Waals surface area contributed by atoms with Crippen molar-refractivity contribution >= 4 is 17.5 Å². The molecular formula is C27H29N3O2. The quantitative estimate of drug-likeness (QED) is 0.496. The lowest BCUT2D eigenvalue weighted by Crippen LogP contribution is -2.52. The summed E-state index contributed by atoms with van der Waals surface area (Å²) in [6.45, 7) is 5.60. The first kappa shape index (κ1) is 21.8. The molecule has 1 aliphatic rings. The number of aliphatic imine (C=N–C) groups is 1. The molecule has 0 atom stereocenters. The van der Waals surface area contributed by atoms with Crippen molar-refractivity contribution in [2.75, 3.05) is 0 Å². The summed E-state index contributed by atoms with van der Waals surface area (Å²) in [5, 5.41) is 3.10. The van der Waals surface area contributed by atoms with Gasteiger partial charge in [-0.3, -0.25) is 4.98 Å². The smallest absolute Gasteiger partial charge is 0.408 e. The Morgan fingerprint density at radius 2 is 1.56 bits per heavy atom. The predicted octanol–water partition coefficient (Wildman–Crippen LogP) is 6.15. The van der Waals surface area contributed by atoms with Gasteiger partial charge in [0.25, 0.3) is 0 Å². The van der Waals surface area contributed by atoms with Gasteiger partial charge >= 0.3 is 6.09 Å². The number of ether oxygens (including phenoxy) is 1. The standard InChI is InChI=1S/C27H29N3O2/c1-26(2,3)32-25(31)30-27(15-10-16-27)22-17-23(19-28-18-22)29-24(20-11-6-4-7-12-20)21-13-8-5-9-14-21/h4-9,11-14,17-19H,10,15-16H2,1-3H3,(H,30,31). The summed E-state index contributed by atoms with van der Waals surface area (Å²) in [5.74, 6) is 0. The van der Waals surface area contributed by atoms with E-state index in [-0.39, 0.29) is 0 Å². The highest BCUT2D eigenvalue weighted by atomic mass is 16.6. The van der Waals surface area contributed by atoms with Crippen molar-refractivity contribution in [3.05, 3.63) is 95.8 Å². The normalized spacial score (nSPS) is 14.7. The van der Waals surface area contributed by atoms with Gasteiger partial charge in [0.15, 0.2) is 0 Å². The average Bonchev–Trinajstić information content (AvgIpc) is 2.75. The van der Waals surface area contributed by atoms with Gasteiger partial charge in [-0.1, -0.05) is 60.7 Å². The number of carbonyl (C=O) groups excluding carboxylic acids is 1. The molecule has 0 bridgehead atoms. The monoisotopic (exact) mass is 427 g/mol. The van der Waals surface area contributed by atoms with E-state index in [0.717, 1.165) is 47.4 Å². The van der Waals surface area contributed by atoms with Gasteiger partial charge in [-0.2, -0.15) is 0 Å². The number of hydrogen-bond acceptors (Lipinski definition) is 4. The highest BCUT2D eigenvalue weighted by molar-refractivity contribution is 6.13. The number of benzene rings is 2. The Morgan fingerprint density at radius 1 is 0.969 bits per heavy atom. The number of nitrogens with zero attached hydrogens (tertiary/aromatic N) is 2. The van der Waals surface area contributed by atoms with Crippen LogP contribution in [0.25, 0.3) is 0 Å². The first-order valence-electron chi connectivity index (χ1n) is 11.0. The Balaban J connectivity index is 1.68. The summed E-state index contributed by atoms with van der Waals surface area (Å²) < 4.78 is 5.50. The van der Waals surface area contributed by atoms with Crippen LogP contribution in [0.4, 0.5) is 10.5 Å². The molecule has 1 amide bonds. The van der Waals surface area contributed by atoms with Crippen LogP contribution in [0.1, 0.15) is 56.7 Å². The van der Waals surface area contributed by atoms with Crippen molar-refractivity contribution in [1.29, 1.82) is 0 Å². The van der Waals surface area contributed by atoms with Gasteiger partial charge < -0.3 is 10.1 Å². The molecule has 1 heterocycles. The minimum atomic E-state index is -0.542. The molecule has 1 aromatic heterocycles. The molecule has 1 fully saturated rings. The molecule has 0 spiro atoms. The molecular weight excluding hydrogens is 398 g/mol. The maximum absolute atomic E-state index is 12.5. The van der Waals surface area contributed by atoms with Crippen molar-refractivity contribution in [1.82, 2.24) is 10.3 Å². The van der Waals surface area contributed by atoms with E-state index in [0.29, 0.717) is 0 Å². The zero-order valence-corrected chi connectivity index (χ0v) is 18.8. The highest BCUT2D eigenvalue weighted by Gasteiger charge is 2.41. The molecule has 164 valence electrons. The summed E-state index contributed by atoms with van der Waals surface area (Å²) in [4.78, 5) is 21.9. The van der Waals surface area contributed by atoms with Gasteiger partial charge in [0.1, 0.15) is 5.60 Å². The summed E-state index contributed by atoms with van der Waals surface area (Å²) in [6.07, 6.45) is 5.93.